The number of imidazole rings is 1. The number of fused-ring (bicyclic) bond motifs is 3. The van der Waals surface area contributed by atoms with E-state index in [9.17, 15) is 14.3 Å². The Morgan fingerprint density at radius 3 is 2.36 bits per heavy atom. The topological polar surface area (TPSA) is 103 Å². The number of nitrogens with one attached hydrogen (secondary N) is 1. The fourth-order valence-electron chi connectivity index (χ4n) is 4.07. The van der Waals surface area contributed by atoms with Gasteiger partial charge in [0.25, 0.3) is 0 Å². The molecule has 1 heterocycles. The summed E-state index contributed by atoms with van der Waals surface area (Å²) in [5, 5.41) is 2.80. The fraction of sp³-hybridized carbons (Fsp3) is 0.333. The minimum Gasteiger partial charge on any atom is -0.449 e. The Balaban J connectivity index is 1.11. The van der Waals surface area contributed by atoms with Gasteiger partial charge in [0.15, 0.2) is 0 Å². The number of hydrogen-bond acceptors (Lipinski definition) is 5. The maximum Gasteiger partial charge on any atom is 0.437 e. The van der Waals surface area contributed by atoms with Crippen LogP contribution in [0, 0.1) is 0 Å². The summed E-state index contributed by atoms with van der Waals surface area (Å²) >= 11 is 0. The Morgan fingerprint density at radius 2 is 1.70 bits per heavy atom. The van der Waals surface area contributed by atoms with E-state index in [1.807, 2.05) is 24.3 Å². The molecule has 0 saturated carbocycles. The molecular formula is C24H28N3O5P. The molecule has 33 heavy (non-hydrogen) atoms. The Kier molecular flexibility index (Phi) is 7.60. The molecule has 0 saturated heterocycles. The first-order valence-electron chi connectivity index (χ1n) is 11.1. The highest BCUT2D eigenvalue weighted by Gasteiger charge is 2.29. The van der Waals surface area contributed by atoms with Crippen molar-refractivity contribution in [2.24, 2.45) is 0 Å². The fourth-order valence-corrected chi connectivity index (χ4v) is 4.99. The average Bonchev–Trinajstić information content (AvgIpc) is 3.47. The van der Waals surface area contributed by atoms with Crippen molar-refractivity contribution in [2.75, 3.05) is 19.8 Å². The van der Waals surface area contributed by atoms with Gasteiger partial charge in [0.2, 0.25) is 0 Å². The van der Waals surface area contributed by atoms with Crippen LogP contribution < -0.4 is 5.32 Å². The predicted octanol–water partition coefficient (Wildman–Crippen LogP) is 4.95. The molecule has 2 aromatic carbocycles. The van der Waals surface area contributed by atoms with Crippen LogP contribution in [0.1, 0.15) is 42.7 Å². The van der Waals surface area contributed by atoms with Crippen molar-refractivity contribution in [3.05, 3.63) is 78.4 Å². The summed E-state index contributed by atoms with van der Waals surface area (Å²) in [5.41, 5.74) is 4.78. The van der Waals surface area contributed by atoms with Crippen LogP contribution in [-0.4, -0.2) is 40.1 Å². The molecule has 1 aliphatic carbocycles. The van der Waals surface area contributed by atoms with Crippen LogP contribution in [0.15, 0.2) is 67.3 Å². The largest absolute Gasteiger partial charge is 0.449 e. The number of rotatable bonds is 11. The molecule has 174 valence electrons. The number of unbranched alkanes of at least 4 members (excludes halogenated alkanes) is 3. The molecule has 2 N–H and O–H groups in total. The van der Waals surface area contributed by atoms with E-state index in [1.165, 1.54) is 41.0 Å². The van der Waals surface area contributed by atoms with E-state index in [4.69, 9.17) is 9.26 Å². The molecule has 0 radical (unpaired) electrons. The van der Waals surface area contributed by atoms with Crippen molar-refractivity contribution >= 4 is 13.8 Å². The Labute approximate surface area is 193 Å². The molecule has 1 atom stereocenters. The highest BCUT2D eigenvalue weighted by atomic mass is 31.2. The lowest BCUT2D eigenvalue weighted by Gasteiger charge is -2.14. The van der Waals surface area contributed by atoms with Crippen LogP contribution in [0.2, 0.25) is 0 Å². The zero-order valence-corrected chi connectivity index (χ0v) is 19.2. The lowest BCUT2D eigenvalue weighted by atomic mass is 9.98. The number of alkyl carbamates (subject to hydrolysis) is 1. The molecule has 8 nitrogen and oxygen atoms in total. The zero-order valence-electron chi connectivity index (χ0n) is 18.3. The van der Waals surface area contributed by atoms with Gasteiger partial charge in [-0.3, -0.25) is 4.52 Å². The number of amides is 1. The van der Waals surface area contributed by atoms with Crippen molar-refractivity contribution in [1.82, 2.24) is 14.6 Å². The van der Waals surface area contributed by atoms with E-state index in [0.717, 1.165) is 23.6 Å². The first-order valence-corrected chi connectivity index (χ1v) is 12.6. The van der Waals surface area contributed by atoms with E-state index in [-0.39, 0.29) is 12.5 Å². The molecule has 0 spiro atoms. The molecule has 4 rings (SSSR count). The molecule has 1 aromatic heterocycles. The second-order valence-electron chi connectivity index (χ2n) is 7.93. The molecule has 9 heteroatoms. The quantitative estimate of drug-likeness (QED) is 0.304. The maximum absolute atomic E-state index is 12.2. The van der Waals surface area contributed by atoms with Crippen molar-refractivity contribution in [2.45, 2.75) is 31.6 Å². The lowest BCUT2D eigenvalue weighted by Crippen LogP contribution is -2.27. The van der Waals surface area contributed by atoms with Gasteiger partial charge in [-0.15, -0.1) is 0 Å². The zero-order chi connectivity index (χ0) is 23.1. The van der Waals surface area contributed by atoms with Crippen LogP contribution in [0.4, 0.5) is 4.79 Å². The third-order valence-electron chi connectivity index (χ3n) is 5.73. The Morgan fingerprint density at radius 1 is 1.03 bits per heavy atom. The van der Waals surface area contributed by atoms with Gasteiger partial charge in [-0.05, 0) is 35.1 Å². The van der Waals surface area contributed by atoms with Crippen molar-refractivity contribution in [3.8, 4) is 11.1 Å². The minimum absolute atomic E-state index is 0.0490. The van der Waals surface area contributed by atoms with E-state index in [0.29, 0.717) is 19.6 Å². The number of benzene rings is 2. The Bertz CT molecular complexity index is 1070. The molecular weight excluding hydrogens is 441 g/mol. The summed E-state index contributed by atoms with van der Waals surface area (Å²) in [4.78, 5) is 25.7. The first-order chi connectivity index (χ1) is 16.1. The van der Waals surface area contributed by atoms with Gasteiger partial charge in [0.05, 0.1) is 6.61 Å². The number of carbonyl (C=O) groups is 1. The van der Waals surface area contributed by atoms with Crippen LogP contribution >= 0.6 is 7.75 Å². The van der Waals surface area contributed by atoms with Gasteiger partial charge < -0.3 is 14.9 Å². The monoisotopic (exact) mass is 469 g/mol. The highest BCUT2D eigenvalue weighted by Crippen LogP contribution is 2.44. The third kappa shape index (κ3) is 5.71. The number of aromatic nitrogens is 2. The summed E-state index contributed by atoms with van der Waals surface area (Å²) in [6.07, 6.45) is 6.82. The SMILES string of the molecule is O=C(NCCCCCCOP(=O)(O)n1ccnc1)OCC1c2ccccc2-c2ccccc21. The number of carbonyl (C=O) groups excluding carboxylic acids is 1. The number of nitrogens with zero attached hydrogens (tertiary/aromatic N) is 2. The molecule has 1 amide bonds. The van der Waals surface area contributed by atoms with Gasteiger partial charge in [-0.1, -0.05) is 61.4 Å². The molecule has 1 unspecified atom stereocenters. The van der Waals surface area contributed by atoms with E-state index < -0.39 is 13.8 Å². The van der Waals surface area contributed by atoms with Crippen LogP contribution in [0.25, 0.3) is 11.1 Å². The summed E-state index contributed by atoms with van der Waals surface area (Å²) in [7, 11) is -3.85. The van der Waals surface area contributed by atoms with Crippen molar-refractivity contribution in [3.63, 3.8) is 0 Å². The van der Waals surface area contributed by atoms with Crippen LogP contribution in [-0.2, 0) is 13.8 Å². The molecule has 0 fully saturated rings. The number of ether oxygens (including phenoxy) is 1. The van der Waals surface area contributed by atoms with E-state index in [1.54, 1.807) is 0 Å². The molecule has 0 bridgehead atoms. The summed E-state index contributed by atoms with van der Waals surface area (Å²) < 4.78 is 23.7. The van der Waals surface area contributed by atoms with Crippen molar-refractivity contribution in [1.29, 1.82) is 0 Å². The van der Waals surface area contributed by atoms with E-state index >= 15 is 0 Å². The maximum atomic E-state index is 12.2. The predicted molar refractivity (Wildman–Crippen MR) is 125 cm³/mol. The summed E-state index contributed by atoms with van der Waals surface area (Å²) in [5.74, 6) is 0.0490. The molecule has 3 aromatic rings. The van der Waals surface area contributed by atoms with Gasteiger partial charge in [0, 0.05) is 24.9 Å². The van der Waals surface area contributed by atoms with Gasteiger partial charge in [-0.2, -0.15) is 0 Å². The summed E-state index contributed by atoms with van der Waals surface area (Å²) in [6, 6.07) is 16.5. The second kappa shape index (κ2) is 10.8. The third-order valence-corrected chi connectivity index (χ3v) is 7.07. The van der Waals surface area contributed by atoms with Crippen LogP contribution in [0.5, 0.6) is 0 Å². The molecule has 1 aliphatic rings. The first kappa shape index (κ1) is 23.2. The minimum atomic E-state index is -3.85. The van der Waals surface area contributed by atoms with Gasteiger partial charge in [-0.25, -0.2) is 18.7 Å². The Hall–Kier alpha value is -2.93. The normalized spacial score (nSPS) is 14.3. The van der Waals surface area contributed by atoms with Gasteiger partial charge >= 0.3 is 13.8 Å². The highest BCUT2D eigenvalue weighted by molar-refractivity contribution is 7.51. The lowest BCUT2D eigenvalue weighted by molar-refractivity contribution is 0.143. The average molecular weight is 469 g/mol. The van der Waals surface area contributed by atoms with E-state index in [2.05, 4.69) is 34.6 Å². The van der Waals surface area contributed by atoms with Crippen LogP contribution in [0.3, 0.4) is 0 Å². The standard InChI is InChI=1S/C24H28N3O5P/c28-24(26-13-7-1-2-8-16-32-33(29,30)27-15-14-25-18-27)31-17-23-21-11-5-3-9-19(21)20-10-4-6-12-22(20)23/h3-6,9-12,14-15,18,23H,1-2,7-8,13,16-17H2,(H,26,28)(H,29,30). The molecule has 0 aliphatic heterocycles. The van der Waals surface area contributed by atoms with Crippen molar-refractivity contribution < 1.29 is 23.5 Å². The summed E-state index contributed by atoms with van der Waals surface area (Å²) in [6.45, 7) is 1.01. The second-order valence-corrected chi connectivity index (χ2v) is 9.63. The number of hydrogen-bond donors (Lipinski definition) is 2. The smallest absolute Gasteiger partial charge is 0.437 e. The van der Waals surface area contributed by atoms with Gasteiger partial charge in [0.1, 0.15) is 12.9 Å².